The quantitative estimate of drug-likeness (QED) is 0.771. The van der Waals surface area contributed by atoms with Crippen LogP contribution in [0.25, 0.3) is 0 Å². The van der Waals surface area contributed by atoms with Crippen LogP contribution >= 0.6 is 0 Å². The third-order valence-corrected chi connectivity index (χ3v) is 3.46. The van der Waals surface area contributed by atoms with Crippen molar-refractivity contribution in [2.45, 2.75) is 51.6 Å². The van der Waals surface area contributed by atoms with Gasteiger partial charge < -0.3 is 14.1 Å². The summed E-state index contributed by atoms with van der Waals surface area (Å²) >= 11 is 0. The zero-order chi connectivity index (χ0) is 14.9. The van der Waals surface area contributed by atoms with Crippen LogP contribution in [0.5, 0.6) is 0 Å². The van der Waals surface area contributed by atoms with Gasteiger partial charge in [0, 0.05) is 12.0 Å². The first kappa shape index (κ1) is 14.6. The molecule has 1 saturated carbocycles. The summed E-state index contributed by atoms with van der Waals surface area (Å²) in [5.74, 6) is -0.0636. The number of carbonyl (C=O) groups excluding carboxylic acids is 2. The molecule has 0 radical (unpaired) electrons. The second-order valence-corrected chi connectivity index (χ2v) is 5.36. The van der Waals surface area contributed by atoms with E-state index in [1.165, 1.54) is 13.5 Å². The van der Waals surface area contributed by atoms with Crippen LogP contribution in [-0.2, 0) is 9.53 Å². The first-order valence-electron chi connectivity index (χ1n) is 6.81. The number of aromatic nitrogens is 1. The molecular weight excluding hydrogens is 260 g/mol. The summed E-state index contributed by atoms with van der Waals surface area (Å²) in [6, 6.07) is -0.523. The van der Waals surface area contributed by atoms with Crippen molar-refractivity contribution >= 4 is 11.9 Å². The zero-order valence-electron chi connectivity index (χ0n) is 12.3. The molecule has 110 valence electrons. The van der Waals surface area contributed by atoms with E-state index in [2.05, 4.69) is 4.98 Å². The van der Waals surface area contributed by atoms with E-state index in [-0.39, 0.29) is 17.9 Å². The highest BCUT2D eigenvalue weighted by atomic mass is 16.5. The molecule has 0 saturated heterocycles. The molecule has 6 heteroatoms. The Morgan fingerprint density at radius 2 is 2.05 bits per heavy atom. The highest BCUT2D eigenvalue weighted by molar-refractivity contribution is 5.96. The van der Waals surface area contributed by atoms with Gasteiger partial charge in [-0.15, -0.1) is 0 Å². The number of hydrogen-bond donors (Lipinski definition) is 0. The van der Waals surface area contributed by atoms with Gasteiger partial charge in [0.2, 0.25) is 0 Å². The number of amides is 1. The number of methoxy groups -OCH3 is 1. The monoisotopic (exact) mass is 280 g/mol. The van der Waals surface area contributed by atoms with Crippen molar-refractivity contribution in [2.24, 2.45) is 0 Å². The predicted molar refractivity (Wildman–Crippen MR) is 71.3 cm³/mol. The van der Waals surface area contributed by atoms with Gasteiger partial charge in [-0.05, 0) is 19.8 Å². The van der Waals surface area contributed by atoms with E-state index in [9.17, 15) is 9.59 Å². The van der Waals surface area contributed by atoms with Gasteiger partial charge in [-0.25, -0.2) is 9.78 Å². The SMILES string of the molecule is COC(=O)C(C)N(C(=O)c1ncoc1C(C)C)C1CC1. The van der Waals surface area contributed by atoms with Crippen LogP contribution in [0.15, 0.2) is 10.8 Å². The Morgan fingerprint density at radius 1 is 1.40 bits per heavy atom. The van der Waals surface area contributed by atoms with E-state index in [1.807, 2.05) is 13.8 Å². The van der Waals surface area contributed by atoms with E-state index in [4.69, 9.17) is 9.15 Å². The smallest absolute Gasteiger partial charge is 0.328 e. The number of hydrogen-bond acceptors (Lipinski definition) is 5. The van der Waals surface area contributed by atoms with Crippen molar-refractivity contribution in [3.05, 3.63) is 17.8 Å². The van der Waals surface area contributed by atoms with Crippen molar-refractivity contribution in [3.63, 3.8) is 0 Å². The maximum absolute atomic E-state index is 12.7. The molecule has 1 heterocycles. The molecular formula is C14H20N2O4. The molecule has 0 aliphatic heterocycles. The normalized spacial score (nSPS) is 16.1. The minimum absolute atomic E-state index is 0.0611. The van der Waals surface area contributed by atoms with Gasteiger partial charge >= 0.3 is 5.97 Å². The van der Waals surface area contributed by atoms with Gasteiger partial charge in [0.05, 0.1) is 7.11 Å². The van der Waals surface area contributed by atoms with Crippen molar-refractivity contribution in [1.82, 2.24) is 9.88 Å². The molecule has 0 spiro atoms. The predicted octanol–water partition coefficient (Wildman–Crippen LogP) is 1.96. The van der Waals surface area contributed by atoms with Crippen LogP contribution in [0.2, 0.25) is 0 Å². The van der Waals surface area contributed by atoms with Gasteiger partial charge in [0.25, 0.3) is 5.91 Å². The summed E-state index contributed by atoms with van der Waals surface area (Å²) in [6.45, 7) is 5.54. The second-order valence-electron chi connectivity index (χ2n) is 5.36. The first-order chi connectivity index (χ1) is 9.47. The number of esters is 1. The Labute approximate surface area is 118 Å². The molecule has 1 atom stereocenters. The summed E-state index contributed by atoms with van der Waals surface area (Å²) in [6.07, 6.45) is 3.08. The Kier molecular flexibility index (Phi) is 4.11. The van der Waals surface area contributed by atoms with Crippen LogP contribution in [0.3, 0.4) is 0 Å². The summed E-state index contributed by atoms with van der Waals surface area (Å²) < 4.78 is 10.0. The van der Waals surface area contributed by atoms with E-state index in [1.54, 1.807) is 11.8 Å². The Hall–Kier alpha value is -1.85. The van der Waals surface area contributed by atoms with Crippen LogP contribution < -0.4 is 0 Å². The van der Waals surface area contributed by atoms with Crippen molar-refractivity contribution < 1.29 is 18.7 Å². The lowest BCUT2D eigenvalue weighted by molar-refractivity contribution is -0.145. The minimum atomic E-state index is -0.614. The molecule has 1 aliphatic carbocycles. The lowest BCUT2D eigenvalue weighted by atomic mass is 10.1. The summed E-state index contributed by atoms with van der Waals surface area (Å²) in [7, 11) is 1.32. The molecule has 1 aromatic rings. The number of rotatable bonds is 5. The van der Waals surface area contributed by atoms with Crippen molar-refractivity contribution in [3.8, 4) is 0 Å². The zero-order valence-corrected chi connectivity index (χ0v) is 12.3. The number of ether oxygens (including phenoxy) is 1. The van der Waals surface area contributed by atoms with Crippen LogP contribution in [-0.4, -0.2) is 41.0 Å². The Morgan fingerprint density at radius 3 is 2.55 bits per heavy atom. The third-order valence-electron chi connectivity index (χ3n) is 3.46. The van der Waals surface area contributed by atoms with Crippen LogP contribution in [0, 0.1) is 0 Å². The fourth-order valence-corrected chi connectivity index (χ4v) is 2.24. The first-order valence-corrected chi connectivity index (χ1v) is 6.81. The highest BCUT2D eigenvalue weighted by Gasteiger charge is 2.41. The molecule has 1 amide bonds. The average molecular weight is 280 g/mol. The Balaban J connectivity index is 2.27. The molecule has 0 N–H and O–H groups in total. The second kappa shape index (κ2) is 5.64. The fraction of sp³-hybridized carbons (Fsp3) is 0.643. The topological polar surface area (TPSA) is 72.6 Å². The number of carbonyl (C=O) groups is 2. The van der Waals surface area contributed by atoms with Crippen molar-refractivity contribution in [2.75, 3.05) is 7.11 Å². The summed E-state index contributed by atoms with van der Waals surface area (Å²) in [4.78, 5) is 30.0. The van der Waals surface area contributed by atoms with Crippen LogP contribution in [0.4, 0.5) is 0 Å². The molecule has 1 fully saturated rings. The minimum Gasteiger partial charge on any atom is -0.467 e. The van der Waals surface area contributed by atoms with Crippen LogP contribution in [0.1, 0.15) is 55.8 Å². The highest BCUT2D eigenvalue weighted by Crippen LogP contribution is 2.31. The van der Waals surface area contributed by atoms with Gasteiger partial charge in [-0.3, -0.25) is 4.79 Å². The molecule has 20 heavy (non-hydrogen) atoms. The van der Waals surface area contributed by atoms with E-state index >= 15 is 0 Å². The molecule has 6 nitrogen and oxygen atoms in total. The molecule has 1 aromatic heterocycles. The number of nitrogens with zero attached hydrogens (tertiary/aromatic N) is 2. The van der Waals surface area contributed by atoms with Gasteiger partial charge in [0.15, 0.2) is 12.1 Å². The summed E-state index contributed by atoms with van der Waals surface area (Å²) in [5, 5.41) is 0. The fourth-order valence-electron chi connectivity index (χ4n) is 2.24. The van der Waals surface area contributed by atoms with Gasteiger partial charge in [-0.1, -0.05) is 13.8 Å². The number of oxazole rings is 1. The molecule has 2 rings (SSSR count). The van der Waals surface area contributed by atoms with E-state index < -0.39 is 12.0 Å². The van der Waals surface area contributed by atoms with Gasteiger partial charge in [-0.2, -0.15) is 0 Å². The van der Waals surface area contributed by atoms with Gasteiger partial charge in [0.1, 0.15) is 11.8 Å². The average Bonchev–Trinajstić information content (AvgIpc) is 3.11. The molecule has 0 bridgehead atoms. The maximum Gasteiger partial charge on any atom is 0.328 e. The lowest BCUT2D eigenvalue weighted by Gasteiger charge is -2.27. The standard InChI is InChI=1S/C14H20N2O4/c1-8(2)12-11(15-7-20-12)13(17)16(10-5-6-10)9(3)14(18)19-4/h7-10H,5-6H2,1-4H3. The van der Waals surface area contributed by atoms with E-state index in [0.29, 0.717) is 11.5 Å². The van der Waals surface area contributed by atoms with Crippen molar-refractivity contribution in [1.29, 1.82) is 0 Å². The Bertz CT molecular complexity index is 505. The molecule has 1 unspecified atom stereocenters. The summed E-state index contributed by atoms with van der Waals surface area (Å²) in [5.41, 5.74) is 0.294. The third kappa shape index (κ3) is 2.69. The molecule has 0 aromatic carbocycles. The molecule has 1 aliphatic rings. The van der Waals surface area contributed by atoms with E-state index in [0.717, 1.165) is 12.8 Å². The largest absolute Gasteiger partial charge is 0.467 e. The maximum atomic E-state index is 12.7. The lowest BCUT2D eigenvalue weighted by Crippen LogP contribution is -2.45.